The normalized spacial score (nSPS) is 26.8. The number of methoxy groups -OCH3 is 1. The van der Waals surface area contributed by atoms with Crippen LogP contribution in [0.3, 0.4) is 0 Å². The minimum absolute atomic E-state index is 0.00596. The molecule has 0 bridgehead atoms. The summed E-state index contributed by atoms with van der Waals surface area (Å²) in [4.78, 5) is 12.4. The average Bonchev–Trinajstić information content (AvgIpc) is 3.16. The Morgan fingerprint density at radius 2 is 2.25 bits per heavy atom. The summed E-state index contributed by atoms with van der Waals surface area (Å²) in [6.07, 6.45) is 9.22. The lowest BCUT2D eigenvalue weighted by atomic mass is 9.88. The van der Waals surface area contributed by atoms with Gasteiger partial charge in [0.2, 0.25) is 5.91 Å². The molecular weight excluding hydrogens is 356 g/mol. The SMILES string of the molecule is C=C/C(C)=C/C[C@@H]1O[C@H](C)[C@H](NC(=O)/C=C/C(C)c2cc(OC)no2)C[C@@H]1C. The molecule has 1 aromatic heterocycles. The number of ether oxygens (including phenoxy) is 2. The molecule has 0 spiro atoms. The molecule has 2 rings (SSSR count). The van der Waals surface area contributed by atoms with Crippen molar-refractivity contribution < 1.29 is 18.8 Å². The minimum Gasteiger partial charge on any atom is -0.479 e. The van der Waals surface area contributed by atoms with Gasteiger partial charge in [0, 0.05) is 12.0 Å². The standard InChI is InChI=1S/C22H32N2O4/c1-7-14(2)8-10-19-16(4)12-18(17(5)27-19)23-21(25)11-9-15(3)20-13-22(26-6)24-28-20/h7-9,11,13,15-19H,1,10,12H2,2-6H3,(H,23,25)/b11-9+,14-8+/t15?,16-,17+,18+,19-/m0/s1. The van der Waals surface area contributed by atoms with E-state index in [1.807, 2.05) is 26.8 Å². The van der Waals surface area contributed by atoms with Gasteiger partial charge in [-0.1, -0.05) is 44.2 Å². The third-order valence-electron chi connectivity index (χ3n) is 5.24. The van der Waals surface area contributed by atoms with Crippen LogP contribution in [0.1, 0.15) is 52.2 Å². The summed E-state index contributed by atoms with van der Waals surface area (Å²) >= 11 is 0. The zero-order valence-electron chi connectivity index (χ0n) is 17.5. The van der Waals surface area contributed by atoms with Gasteiger partial charge in [0.05, 0.1) is 25.4 Å². The Labute approximate surface area is 167 Å². The van der Waals surface area contributed by atoms with Crippen LogP contribution < -0.4 is 10.1 Å². The van der Waals surface area contributed by atoms with E-state index in [-0.39, 0.29) is 30.1 Å². The molecule has 1 aliphatic heterocycles. The molecule has 0 aliphatic carbocycles. The second-order valence-electron chi connectivity index (χ2n) is 7.52. The van der Waals surface area contributed by atoms with E-state index in [2.05, 4.69) is 30.1 Å². The number of amides is 1. The molecule has 0 aromatic carbocycles. The summed E-state index contributed by atoms with van der Waals surface area (Å²) < 4.78 is 16.4. The van der Waals surface area contributed by atoms with Crippen LogP contribution in [0.5, 0.6) is 5.88 Å². The van der Waals surface area contributed by atoms with Crippen LogP contribution in [-0.2, 0) is 9.53 Å². The second-order valence-corrected chi connectivity index (χ2v) is 7.52. The monoisotopic (exact) mass is 388 g/mol. The van der Waals surface area contributed by atoms with E-state index in [1.165, 1.54) is 7.11 Å². The first-order valence-electron chi connectivity index (χ1n) is 9.78. The zero-order chi connectivity index (χ0) is 20.7. The molecule has 1 saturated heterocycles. The number of aromatic nitrogens is 1. The summed E-state index contributed by atoms with van der Waals surface area (Å²) in [6.45, 7) is 11.9. The molecule has 1 N–H and O–H groups in total. The smallest absolute Gasteiger partial charge is 0.254 e. The van der Waals surface area contributed by atoms with Gasteiger partial charge in [0.25, 0.3) is 5.88 Å². The lowest BCUT2D eigenvalue weighted by Gasteiger charge is -2.39. The third kappa shape index (κ3) is 6.09. The van der Waals surface area contributed by atoms with Gasteiger partial charge < -0.3 is 19.3 Å². The molecule has 2 heterocycles. The van der Waals surface area contributed by atoms with E-state index in [0.717, 1.165) is 18.4 Å². The number of nitrogens with one attached hydrogen (secondary N) is 1. The van der Waals surface area contributed by atoms with Crippen LogP contribution in [0.4, 0.5) is 0 Å². The van der Waals surface area contributed by atoms with Crippen LogP contribution in [0.2, 0.25) is 0 Å². The van der Waals surface area contributed by atoms with Crippen molar-refractivity contribution in [3.63, 3.8) is 0 Å². The number of hydrogen-bond donors (Lipinski definition) is 1. The summed E-state index contributed by atoms with van der Waals surface area (Å²) in [5.74, 6) is 1.22. The highest BCUT2D eigenvalue weighted by atomic mass is 16.5. The number of nitrogens with zero attached hydrogens (tertiary/aromatic N) is 1. The van der Waals surface area contributed by atoms with Crippen molar-refractivity contribution >= 4 is 5.91 Å². The van der Waals surface area contributed by atoms with E-state index in [1.54, 1.807) is 18.2 Å². The average molecular weight is 389 g/mol. The maximum absolute atomic E-state index is 12.4. The number of carbonyl (C=O) groups is 1. The molecule has 1 aliphatic rings. The lowest BCUT2D eigenvalue weighted by molar-refractivity contribution is -0.123. The van der Waals surface area contributed by atoms with Gasteiger partial charge in [-0.15, -0.1) is 0 Å². The highest BCUT2D eigenvalue weighted by molar-refractivity contribution is 5.87. The van der Waals surface area contributed by atoms with Crippen molar-refractivity contribution in [2.75, 3.05) is 7.11 Å². The van der Waals surface area contributed by atoms with Crippen molar-refractivity contribution in [1.29, 1.82) is 0 Å². The molecule has 0 radical (unpaired) electrons. The van der Waals surface area contributed by atoms with E-state index in [4.69, 9.17) is 14.0 Å². The largest absolute Gasteiger partial charge is 0.479 e. The van der Waals surface area contributed by atoms with Gasteiger partial charge in [-0.05, 0) is 43.8 Å². The Balaban J connectivity index is 1.87. The van der Waals surface area contributed by atoms with Gasteiger partial charge in [-0.25, -0.2) is 0 Å². The van der Waals surface area contributed by atoms with Crippen LogP contribution in [0.25, 0.3) is 0 Å². The summed E-state index contributed by atoms with van der Waals surface area (Å²) in [6, 6.07) is 1.71. The Morgan fingerprint density at radius 3 is 2.89 bits per heavy atom. The predicted octanol–water partition coefficient (Wildman–Crippen LogP) is 4.16. The van der Waals surface area contributed by atoms with Gasteiger partial charge in [0.1, 0.15) is 5.76 Å². The fraction of sp³-hybridized carbons (Fsp3) is 0.545. The fourth-order valence-electron chi connectivity index (χ4n) is 3.24. The van der Waals surface area contributed by atoms with Crippen LogP contribution >= 0.6 is 0 Å². The molecule has 1 aromatic rings. The van der Waals surface area contributed by atoms with Gasteiger partial charge >= 0.3 is 0 Å². The molecule has 1 amide bonds. The highest BCUT2D eigenvalue weighted by Gasteiger charge is 2.33. The first kappa shape index (κ1) is 22.0. The Hall–Kier alpha value is -2.34. The molecule has 154 valence electrons. The van der Waals surface area contributed by atoms with Gasteiger partial charge in [0.15, 0.2) is 0 Å². The second kappa shape index (κ2) is 10.3. The minimum atomic E-state index is -0.133. The summed E-state index contributed by atoms with van der Waals surface area (Å²) in [5, 5.41) is 6.84. The van der Waals surface area contributed by atoms with Crippen molar-refractivity contribution in [2.24, 2.45) is 5.92 Å². The third-order valence-corrected chi connectivity index (χ3v) is 5.24. The van der Waals surface area contributed by atoms with Crippen LogP contribution in [0, 0.1) is 5.92 Å². The number of allylic oxidation sites excluding steroid dienone is 3. The summed E-state index contributed by atoms with van der Waals surface area (Å²) in [7, 11) is 1.53. The Kier molecular flexibility index (Phi) is 8.05. The van der Waals surface area contributed by atoms with E-state index >= 15 is 0 Å². The van der Waals surface area contributed by atoms with E-state index in [0.29, 0.717) is 17.6 Å². The molecule has 0 saturated carbocycles. The molecule has 6 nitrogen and oxygen atoms in total. The lowest BCUT2D eigenvalue weighted by Crippen LogP contribution is -2.50. The molecule has 1 fully saturated rings. The quantitative estimate of drug-likeness (QED) is 0.535. The number of rotatable bonds is 8. The first-order chi connectivity index (χ1) is 13.3. The Morgan fingerprint density at radius 1 is 1.50 bits per heavy atom. The van der Waals surface area contributed by atoms with Gasteiger partial charge in [-0.3, -0.25) is 4.79 Å². The molecule has 6 heteroatoms. The molecule has 5 atom stereocenters. The van der Waals surface area contributed by atoms with Gasteiger partial charge in [-0.2, -0.15) is 0 Å². The number of carbonyl (C=O) groups excluding carboxylic acids is 1. The van der Waals surface area contributed by atoms with E-state index < -0.39 is 0 Å². The molecule has 1 unspecified atom stereocenters. The predicted molar refractivity (Wildman–Crippen MR) is 109 cm³/mol. The molecule has 28 heavy (non-hydrogen) atoms. The first-order valence-corrected chi connectivity index (χ1v) is 9.78. The van der Waals surface area contributed by atoms with Crippen molar-refractivity contribution in [3.05, 3.63) is 48.3 Å². The fourth-order valence-corrected chi connectivity index (χ4v) is 3.24. The maximum Gasteiger partial charge on any atom is 0.254 e. The van der Waals surface area contributed by atoms with Crippen molar-refractivity contribution in [3.8, 4) is 5.88 Å². The zero-order valence-corrected chi connectivity index (χ0v) is 17.5. The Bertz CT molecular complexity index is 722. The number of hydrogen-bond acceptors (Lipinski definition) is 5. The highest BCUT2D eigenvalue weighted by Crippen LogP contribution is 2.28. The summed E-state index contributed by atoms with van der Waals surface area (Å²) in [5.41, 5.74) is 1.16. The van der Waals surface area contributed by atoms with Crippen LogP contribution in [0.15, 0.2) is 47.0 Å². The maximum atomic E-state index is 12.4. The van der Waals surface area contributed by atoms with Crippen LogP contribution in [-0.4, -0.2) is 36.4 Å². The van der Waals surface area contributed by atoms with Crippen molar-refractivity contribution in [2.45, 2.75) is 64.7 Å². The topological polar surface area (TPSA) is 73.6 Å². The van der Waals surface area contributed by atoms with Crippen molar-refractivity contribution in [1.82, 2.24) is 10.5 Å². The molecular formula is C22H32N2O4. The van der Waals surface area contributed by atoms with E-state index in [9.17, 15) is 4.79 Å².